The van der Waals surface area contributed by atoms with Gasteiger partial charge in [0.05, 0.1) is 26.8 Å². The van der Waals surface area contributed by atoms with Crippen LogP contribution in [0.4, 0.5) is 0 Å². The van der Waals surface area contributed by atoms with Crippen molar-refractivity contribution < 1.29 is 40.4 Å². The Kier molecular flexibility index (Phi) is 9.71. The number of hydrogen-bond acceptors (Lipinski definition) is 5. The van der Waals surface area contributed by atoms with Crippen LogP contribution in [-0.4, -0.2) is 36.3 Å². The van der Waals surface area contributed by atoms with Crippen molar-refractivity contribution in [1.82, 2.24) is 4.98 Å². The highest BCUT2D eigenvalue weighted by molar-refractivity contribution is 5.48. The Bertz CT molecular complexity index is 1380. The topological polar surface area (TPSA) is 49.8 Å². The summed E-state index contributed by atoms with van der Waals surface area (Å²) >= 11 is 0. The molecule has 1 atom stereocenters. The summed E-state index contributed by atoms with van der Waals surface area (Å²) in [5, 5.41) is 0. The standard InChI is InChI=1S/C33H37N2O4.BrH/c1-24(2)38-29-11-13-30(14-12-29)39-33-15-10-26(20-34-33)21-35(3)17-16-27-18-31(36-4)32(19-28(27)22-35)37-23-25-8-6-5-7-9-25;/h5-15,18-20,24H,16-17,21-23H2,1-4H3;1H/q+1;/p-1. The fourth-order valence-electron chi connectivity index (χ4n) is 5.03. The second kappa shape index (κ2) is 13.2. The van der Waals surface area contributed by atoms with Gasteiger partial charge in [-0.25, -0.2) is 4.98 Å². The van der Waals surface area contributed by atoms with Crippen LogP contribution < -0.4 is 35.9 Å². The maximum absolute atomic E-state index is 6.19. The predicted molar refractivity (Wildman–Crippen MR) is 152 cm³/mol. The van der Waals surface area contributed by atoms with Crippen molar-refractivity contribution in [3.05, 3.63) is 107 Å². The summed E-state index contributed by atoms with van der Waals surface area (Å²) in [7, 11) is 4.01. The van der Waals surface area contributed by atoms with Crippen LogP contribution >= 0.6 is 0 Å². The zero-order chi connectivity index (χ0) is 27.2. The minimum atomic E-state index is 0. The largest absolute Gasteiger partial charge is 1.00 e. The molecule has 7 heteroatoms. The summed E-state index contributed by atoms with van der Waals surface area (Å²) in [6.45, 7) is 7.39. The van der Waals surface area contributed by atoms with Gasteiger partial charge in [0.25, 0.3) is 0 Å². The highest BCUT2D eigenvalue weighted by Gasteiger charge is 2.30. The maximum Gasteiger partial charge on any atom is 0.219 e. The van der Waals surface area contributed by atoms with Gasteiger partial charge in [-0.2, -0.15) is 0 Å². The van der Waals surface area contributed by atoms with E-state index in [0.29, 0.717) is 12.5 Å². The van der Waals surface area contributed by atoms with Gasteiger partial charge < -0.3 is 40.4 Å². The minimum absolute atomic E-state index is 0. The Morgan fingerprint density at radius 3 is 2.25 bits per heavy atom. The normalized spacial score (nSPS) is 16.0. The van der Waals surface area contributed by atoms with Crippen LogP contribution in [0.25, 0.3) is 0 Å². The van der Waals surface area contributed by atoms with E-state index in [1.807, 2.05) is 68.6 Å². The Morgan fingerprint density at radius 2 is 1.57 bits per heavy atom. The number of likely N-dealkylation sites (N-methyl/N-ethyl adjacent to an activating group) is 1. The number of rotatable bonds is 10. The second-order valence-electron chi connectivity index (χ2n) is 10.7. The van der Waals surface area contributed by atoms with Crippen molar-refractivity contribution in [3.63, 3.8) is 0 Å². The monoisotopic (exact) mass is 604 g/mol. The summed E-state index contributed by atoms with van der Waals surface area (Å²) < 4.78 is 24.4. The third kappa shape index (κ3) is 7.55. The SMILES string of the molecule is COc1cc2c(cc1OCc1ccccc1)C[N+](C)(Cc1ccc(Oc3ccc(OC(C)C)cc3)nc1)CC2.[Br-]. The third-order valence-corrected chi connectivity index (χ3v) is 6.98. The molecule has 1 aliphatic rings. The number of hydrogen-bond donors (Lipinski definition) is 0. The number of methoxy groups -OCH3 is 1. The lowest BCUT2D eigenvalue weighted by Gasteiger charge is -2.39. The molecule has 3 aromatic carbocycles. The lowest BCUT2D eigenvalue weighted by molar-refractivity contribution is -0.937. The Hall–Kier alpha value is -3.55. The van der Waals surface area contributed by atoms with Gasteiger partial charge in [-0.3, -0.25) is 0 Å². The summed E-state index contributed by atoms with van der Waals surface area (Å²) in [6, 6.07) is 26.2. The van der Waals surface area contributed by atoms with Crippen molar-refractivity contribution in [3.8, 4) is 28.9 Å². The first kappa shape index (κ1) is 29.4. The van der Waals surface area contributed by atoms with Crippen molar-refractivity contribution in [1.29, 1.82) is 0 Å². The zero-order valence-corrected chi connectivity index (χ0v) is 25.2. The van der Waals surface area contributed by atoms with Crippen molar-refractivity contribution in [2.75, 3.05) is 20.7 Å². The molecule has 0 amide bonds. The number of benzene rings is 3. The molecular weight excluding hydrogens is 568 g/mol. The van der Waals surface area contributed by atoms with E-state index in [1.165, 1.54) is 16.7 Å². The molecule has 40 heavy (non-hydrogen) atoms. The van der Waals surface area contributed by atoms with Gasteiger partial charge >= 0.3 is 0 Å². The fourth-order valence-corrected chi connectivity index (χ4v) is 5.03. The molecule has 2 heterocycles. The molecule has 6 nitrogen and oxygen atoms in total. The number of quaternary nitrogens is 1. The summed E-state index contributed by atoms with van der Waals surface area (Å²) in [4.78, 5) is 4.58. The molecule has 1 aromatic heterocycles. The van der Waals surface area contributed by atoms with Gasteiger partial charge in [-0.15, -0.1) is 0 Å². The van der Waals surface area contributed by atoms with Gasteiger partial charge in [-0.1, -0.05) is 30.3 Å². The van der Waals surface area contributed by atoms with Gasteiger partial charge in [0.15, 0.2) is 11.5 Å². The van der Waals surface area contributed by atoms with Crippen LogP contribution in [-0.2, 0) is 26.1 Å². The molecule has 0 N–H and O–H groups in total. The quantitative estimate of drug-likeness (QED) is 0.257. The Morgan fingerprint density at radius 1 is 0.850 bits per heavy atom. The molecule has 1 aliphatic heterocycles. The first-order valence-electron chi connectivity index (χ1n) is 13.5. The zero-order valence-electron chi connectivity index (χ0n) is 23.6. The van der Waals surface area contributed by atoms with E-state index >= 15 is 0 Å². The van der Waals surface area contributed by atoms with Gasteiger partial charge in [-0.05, 0) is 67.4 Å². The lowest BCUT2D eigenvalue weighted by Crippen LogP contribution is -3.00. The van der Waals surface area contributed by atoms with Crippen molar-refractivity contribution >= 4 is 0 Å². The highest BCUT2D eigenvalue weighted by atomic mass is 79.9. The molecule has 0 saturated heterocycles. The second-order valence-corrected chi connectivity index (χ2v) is 10.7. The van der Waals surface area contributed by atoms with Crippen molar-refractivity contribution in [2.24, 2.45) is 0 Å². The number of halogens is 1. The molecule has 0 fully saturated rings. The molecule has 5 rings (SSSR count). The van der Waals surface area contributed by atoms with Crippen LogP contribution in [0.15, 0.2) is 85.1 Å². The number of pyridine rings is 1. The number of ether oxygens (including phenoxy) is 4. The van der Waals surface area contributed by atoms with E-state index in [1.54, 1.807) is 7.11 Å². The average molecular weight is 606 g/mol. The van der Waals surface area contributed by atoms with E-state index in [4.69, 9.17) is 18.9 Å². The van der Waals surface area contributed by atoms with E-state index in [2.05, 4.69) is 42.4 Å². The van der Waals surface area contributed by atoms with E-state index in [-0.39, 0.29) is 23.1 Å². The Labute approximate surface area is 247 Å². The first-order chi connectivity index (χ1) is 18.9. The van der Waals surface area contributed by atoms with E-state index in [0.717, 1.165) is 59.1 Å². The molecular formula is C33H37BrN2O4. The molecule has 0 saturated carbocycles. The summed E-state index contributed by atoms with van der Waals surface area (Å²) in [5.74, 6) is 3.73. The van der Waals surface area contributed by atoms with Crippen LogP contribution in [0.2, 0.25) is 0 Å². The predicted octanol–water partition coefficient (Wildman–Crippen LogP) is 3.96. The number of aromatic nitrogens is 1. The smallest absolute Gasteiger partial charge is 0.219 e. The van der Waals surface area contributed by atoms with Crippen LogP contribution in [0, 0.1) is 0 Å². The fraction of sp³-hybridized carbons (Fsp3) is 0.303. The van der Waals surface area contributed by atoms with Crippen LogP contribution in [0.1, 0.15) is 36.1 Å². The van der Waals surface area contributed by atoms with Gasteiger partial charge in [0, 0.05) is 29.8 Å². The third-order valence-electron chi connectivity index (χ3n) is 6.98. The molecule has 0 aliphatic carbocycles. The number of fused-ring (bicyclic) bond motifs is 1. The van der Waals surface area contributed by atoms with Gasteiger partial charge in [0.1, 0.15) is 31.2 Å². The average Bonchev–Trinajstić information content (AvgIpc) is 2.93. The van der Waals surface area contributed by atoms with Gasteiger partial charge in [0.2, 0.25) is 5.88 Å². The minimum Gasteiger partial charge on any atom is -1.00 e. The lowest BCUT2D eigenvalue weighted by atomic mass is 9.96. The number of nitrogens with zero attached hydrogens (tertiary/aromatic N) is 2. The molecule has 0 bridgehead atoms. The highest BCUT2D eigenvalue weighted by Crippen LogP contribution is 2.36. The molecule has 0 spiro atoms. The Balaban J connectivity index is 0.00000370. The summed E-state index contributed by atoms with van der Waals surface area (Å²) in [5.41, 5.74) is 4.96. The van der Waals surface area contributed by atoms with E-state index < -0.39 is 0 Å². The molecule has 0 radical (unpaired) electrons. The maximum atomic E-state index is 6.19. The van der Waals surface area contributed by atoms with Crippen molar-refractivity contribution in [2.45, 2.75) is 46.1 Å². The molecule has 1 unspecified atom stereocenters. The molecule has 210 valence electrons. The van der Waals surface area contributed by atoms with Crippen LogP contribution in [0.5, 0.6) is 28.9 Å². The van der Waals surface area contributed by atoms with Crippen LogP contribution in [0.3, 0.4) is 0 Å². The molecule has 4 aromatic rings. The van der Waals surface area contributed by atoms with E-state index in [9.17, 15) is 0 Å². The summed E-state index contributed by atoms with van der Waals surface area (Å²) in [6.07, 6.45) is 3.06. The first-order valence-corrected chi connectivity index (χ1v) is 13.5.